The monoisotopic (exact) mass is 381 g/mol. The van der Waals surface area contributed by atoms with Gasteiger partial charge in [-0.15, -0.1) is 0 Å². The van der Waals surface area contributed by atoms with Gasteiger partial charge in [0.1, 0.15) is 5.82 Å². The molecule has 1 saturated heterocycles. The molecule has 146 valence electrons. The van der Waals surface area contributed by atoms with Crippen LogP contribution in [0.25, 0.3) is 5.65 Å². The molecule has 0 aliphatic carbocycles. The van der Waals surface area contributed by atoms with Crippen LogP contribution in [0.15, 0.2) is 24.3 Å². The van der Waals surface area contributed by atoms with Gasteiger partial charge in [0.05, 0.1) is 17.3 Å². The molecule has 0 saturated carbocycles. The van der Waals surface area contributed by atoms with Gasteiger partial charge in [-0.25, -0.2) is 13.9 Å². The zero-order chi connectivity index (χ0) is 20.0. The first-order chi connectivity index (χ1) is 13.4. The third-order valence-electron chi connectivity index (χ3n) is 5.75. The highest BCUT2D eigenvalue weighted by atomic mass is 19.1. The standard InChI is InChI=1S/C21H24FN5O/c1-12-13(2)24-20-11-18(25-27(20)14(12)3)19-6-4-5-9-26(19)21(28)16-10-15(22)7-8-17(16)23/h7-8,10-11,19H,4-6,9,23H2,1-3H3/t19-/m0/s1. The SMILES string of the molecule is Cc1nc2cc([C@@H]3CCCCN3C(=O)c3cc(F)ccc3N)nn2c(C)c1C. The molecule has 4 rings (SSSR count). The average molecular weight is 381 g/mol. The second kappa shape index (κ2) is 6.89. The number of anilines is 1. The van der Waals surface area contributed by atoms with Crippen molar-refractivity contribution in [1.29, 1.82) is 0 Å². The van der Waals surface area contributed by atoms with Crippen LogP contribution in [0.5, 0.6) is 0 Å². The van der Waals surface area contributed by atoms with Crippen LogP contribution in [0, 0.1) is 26.6 Å². The number of aromatic nitrogens is 3. The number of aryl methyl sites for hydroxylation is 2. The quantitative estimate of drug-likeness (QED) is 0.686. The molecule has 0 radical (unpaired) electrons. The number of fused-ring (bicyclic) bond motifs is 1. The Bertz CT molecular complexity index is 1070. The summed E-state index contributed by atoms with van der Waals surface area (Å²) in [6.45, 7) is 6.63. The Balaban J connectivity index is 1.75. The van der Waals surface area contributed by atoms with Gasteiger partial charge in [0.15, 0.2) is 5.65 Å². The Morgan fingerprint density at radius 3 is 2.79 bits per heavy atom. The van der Waals surface area contributed by atoms with E-state index in [2.05, 4.69) is 4.98 Å². The number of nitrogens with zero attached hydrogens (tertiary/aromatic N) is 4. The average Bonchev–Trinajstić information content (AvgIpc) is 3.11. The smallest absolute Gasteiger partial charge is 0.256 e. The van der Waals surface area contributed by atoms with E-state index in [0.717, 1.165) is 47.6 Å². The van der Waals surface area contributed by atoms with Crippen LogP contribution < -0.4 is 5.73 Å². The topological polar surface area (TPSA) is 76.5 Å². The number of nitrogens with two attached hydrogens (primary N) is 1. The van der Waals surface area contributed by atoms with E-state index in [4.69, 9.17) is 10.8 Å². The Morgan fingerprint density at radius 1 is 1.21 bits per heavy atom. The van der Waals surface area contributed by atoms with Gasteiger partial charge in [-0.3, -0.25) is 4.79 Å². The fourth-order valence-corrected chi connectivity index (χ4v) is 3.91. The van der Waals surface area contributed by atoms with Crippen LogP contribution >= 0.6 is 0 Å². The van der Waals surface area contributed by atoms with Gasteiger partial charge in [0.25, 0.3) is 5.91 Å². The summed E-state index contributed by atoms with van der Waals surface area (Å²) in [7, 11) is 0. The van der Waals surface area contributed by atoms with Crippen molar-refractivity contribution in [2.24, 2.45) is 0 Å². The summed E-state index contributed by atoms with van der Waals surface area (Å²) in [5, 5.41) is 4.76. The summed E-state index contributed by atoms with van der Waals surface area (Å²) >= 11 is 0. The molecule has 3 aromatic rings. The van der Waals surface area contributed by atoms with Crippen LogP contribution in [0.3, 0.4) is 0 Å². The molecule has 1 atom stereocenters. The molecule has 3 heterocycles. The number of nitrogen functional groups attached to an aromatic ring is 1. The highest BCUT2D eigenvalue weighted by Gasteiger charge is 2.32. The zero-order valence-electron chi connectivity index (χ0n) is 16.4. The Hall–Kier alpha value is -2.96. The van der Waals surface area contributed by atoms with Crippen molar-refractivity contribution in [1.82, 2.24) is 19.5 Å². The number of hydrogen-bond acceptors (Lipinski definition) is 4. The molecule has 7 heteroatoms. The Morgan fingerprint density at radius 2 is 2.00 bits per heavy atom. The van der Waals surface area contributed by atoms with E-state index in [0.29, 0.717) is 6.54 Å². The maximum Gasteiger partial charge on any atom is 0.256 e. The van der Waals surface area contributed by atoms with Gasteiger partial charge in [-0.2, -0.15) is 5.10 Å². The normalized spacial score (nSPS) is 17.3. The number of carbonyl (C=O) groups is 1. The van der Waals surface area contributed by atoms with Crippen LogP contribution in [0.4, 0.5) is 10.1 Å². The fraction of sp³-hybridized carbons (Fsp3) is 0.381. The minimum Gasteiger partial charge on any atom is -0.398 e. The lowest BCUT2D eigenvalue weighted by Crippen LogP contribution is -2.39. The van der Waals surface area contributed by atoms with Crippen LogP contribution in [0.2, 0.25) is 0 Å². The van der Waals surface area contributed by atoms with E-state index >= 15 is 0 Å². The molecule has 28 heavy (non-hydrogen) atoms. The van der Waals surface area contributed by atoms with E-state index in [9.17, 15) is 9.18 Å². The first-order valence-corrected chi connectivity index (χ1v) is 9.56. The van der Waals surface area contributed by atoms with Crippen LogP contribution in [-0.2, 0) is 0 Å². The van der Waals surface area contributed by atoms with Crippen molar-refractivity contribution in [2.45, 2.75) is 46.1 Å². The Labute approximate surface area is 163 Å². The highest BCUT2D eigenvalue weighted by molar-refractivity contribution is 5.99. The van der Waals surface area contributed by atoms with Gasteiger partial charge >= 0.3 is 0 Å². The van der Waals surface area contributed by atoms with Crippen molar-refractivity contribution < 1.29 is 9.18 Å². The van der Waals surface area contributed by atoms with E-state index in [-0.39, 0.29) is 23.2 Å². The minimum absolute atomic E-state index is 0.175. The van der Waals surface area contributed by atoms with E-state index in [1.807, 2.05) is 31.4 Å². The molecular formula is C21H24FN5O. The maximum atomic E-state index is 13.7. The molecule has 2 N–H and O–H groups in total. The second-order valence-electron chi connectivity index (χ2n) is 7.49. The molecule has 1 amide bonds. The lowest BCUT2D eigenvalue weighted by Gasteiger charge is -2.35. The van der Waals surface area contributed by atoms with Gasteiger partial charge < -0.3 is 10.6 Å². The van der Waals surface area contributed by atoms with E-state index in [1.54, 1.807) is 4.90 Å². The van der Waals surface area contributed by atoms with Crippen molar-refractivity contribution in [3.63, 3.8) is 0 Å². The molecule has 0 unspecified atom stereocenters. The van der Waals surface area contributed by atoms with Crippen molar-refractivity contribution in [3.05, 3.63) is 58.3 Å². The molecule has 1 fully saturated rings. The number of halogens is 1. The lowest BCUT2D eigenvalue weighted by atomic mass is 9.98. The summed E-state index contributed by atoms with van der Waals surface area (Å²) in [6, 6.07) is 5.69. The van der Waals surface area contributed by atoms with Crippen LogP contribution in [0.1, 0.15) is 58.3 Å². The predicted molar refractivity (Wildman–Crippen MR) is 106 cm³/mol. The first-order valence-electron chi connectivity index (χ1n) is 9.56. The van der Waals surface area contributed by atoms with Gasteiger partial charge in [0, 0.05) is 29.7 Å². The van der Waals surface area contributed by atoms with E-state index < -0.39 is 5.82 Å². The van der Waals surface area contributed by atoms with Crippen molar-refractivity contribution in [3.8, 4) is 0 Å². The third-order valence-corrected chi connectivity index (χ3v) is 5.75. The number of piperidine rings is 1. The second-order valence-corrected chi connectivity index (χ2v) is 7.49. The number of carbonyl (C=O) groups excluding carboxylic acids is 1. The zero-order valence-corrected chi connectivity index (χ0v) is 16.4. The van der Waals surface area contributed by atoms with E-state index in [1.165, 1.54) is 18.2 Å². The molecular weight excluding hydrogens is 357 g/mol. The summed E-state index contributed by atoms with van der Waals surface area (Å²) in [6.07, 6.45) is 2.72. The summed E-state index contributed by atoms with van der Waals surface area (Å²) < 4.78 is 15.5. The highest BCUT2D eigenvalue weighted by Crippen LogP contribution is 2.33. The molecule has 0 spiro atoms. The maximum absolute atomic E-state index is 13.7. The lowest BCUT2D eigenvalue weighted by molar-refractivity contribution is 0.0606. The summed E-state index contributed by atoms with van der Waals surface area (Å²) in [5.41, 5.74) is 11.1. The Kier molecular flexibility index (Phi) is 4.53. The third kappa shape index (κ3) is 3.00. The number of benzene rings is 1. The largest absolute Gasteiger partial charge is 0.398 e. The number of rotatable bonds is 2. The molecule has 2 aromatic heterocycles. The minimum atomic E-state index is -0.468. The molecule has 1 aliphatic heterocycles. The van der Waals surface area contributed by atoms with Gasteiger partial charge in [0.2, 0.25) is 0 Å². The molecule has 6 nitrogen and oxygen atoms in total. The number of hydrogen-bond donors (Lipinski definition) is 1. The van der Waals surface area contributed by atoms with Crippen molar-refractivity contribution in [2.75, 3.05) is 12.3 Å². The van der Waals surface area contributed by atoms with Crippen molar-refractivity contribution >= 4 is 17.2 Å². The molecule has 0 bridgehead atoms. The van der Waals surface area contributed by atoms with Gasteiger partial charge in [-0.1, -0.05) is 0 Å². The fourth-order valence-electron chi connectivity index (χ4n) is 3.91. The number of amides is 1. The summed E-state index contributed by atoms with van der Waals surface area (Å²) in [5.74, 6) is -0.722. The predicted octanol–water partition coefficient (Wildman–Crippen LogP) is 3.74. The first kappa shape index (κ1) is 18.4. The van der Waals surface area contributed by atoms with Crippen LogP contribution in [-0.4, -0.2) is 31.9 Å². The van der Waals surface area contributed by atoms with Gasteiger partial charge in [-0.05, 0) is 63.8 Å². The number of likely N-dealkylation sites (tertiary alicyclic amines) is 1. The summed E-state index contributed by atoms with van der Waals surface area (Å²) in [4.78, 5) is 19.6. The molecule has 1 aromatic carbocycles. The molecule has 1 aliphatic rings.